The van der Waals surface area contributed by atoms with E-state index in [2.05, 4.69) is 22.9 Å². The first-order valence-electron chi connectivity index (χ1n) is 5.87. The maximum Gasteiger partial charge on any atom is 0.257 e. The SMILES string of the molecule is CC1CCN(C(=O)c2cccc(F)c2F)C1CBr. The van der Waals surface area contributed by atoms with Gasteiger partial charge in [0.2, 0.25) is 0 Å². The fourth-order valence-electron chi connectivity index (χ4n) is 2.32. The third-order valence-electron chi connectivity index (χ3n) is 3.48. The van der Waals surface area contributed by atoms with E-state index in [1.54, 1.807) is 4.90 Å². The van der Waals surface area contributed by atoms with E-state index in [1.165, 1.54) is 12.1 Å². The van der Waals surface area contributed by atoms with E-state index in [0.717, 1.165) is 12.5 Å². The number of benzene rings is 1. The van der Waals surface area contributed by atoms with Gasteiger partial charge in [0.25, 0.3) is 5.91 Å². The molecule has 5 heteroatoms. The zero-order valence-corrected chi connectivity index (χ0v) is 11.6. The molecule has 98 valence electrons. The van der Waals surface area contributed by atoms with Crippen molar-refractivity contribution in [1.29, 1.82) is 0 Å². The summed E-state index contributed by atoms with van der Waals surface area (Å²) in [5.41, 5.74) is -0.185. The second-order valence-electron chi connectivity index (χ2n) is 4.59. The summed E-state index contributed by atoms with van der Waals surface area (Å²) < 4.78 is 26.7. The van der Waals surface area contributed by atoms with E-state index in [0.29, 0.717) is 17.8 Å². The van der Waals surface area contributed by atoms with E-state index < -0.39 is 17.5 Å². The Morgan fingerprint density at radius 1 is 1.50 bits per heavy atom. The van der Waals surface area contributed by atoms with Crippen LogP contribution in [0.3, 0.4) is 0 Å². The fraction of sp³-hybridized carbons (Fsp3) is 0.462. The molecule has 0 aromatic heterocycles. The van der Waals surface area contributed by atoms with Gasteiger partial charge >= 0.3 is 0 Å². The van der Waals surface area contributed by atoms with Gasteiger partial charge in [-0.15, -0.1) is 0 Å². The van der Waals surface area contributed by atoms with Gasteiger partial charge < -0.3 is 4.90 Å². The molecule has 2 unspecified atom stereocenters. The van der Waals surface area contributed by atoms with E-state index in [9.17, 15) is 13.6 Å². The largest absolute Gasteiger partial charge is 0.334 e. The third-order valence-corrected chi connectivity index (χ3v) is 4.15. The molecule has 1 fully saturated rings. The number of alkyl halides is 1. The number of hydrogen-bond acceptors (Lipinski definition) is 1. The summed E-state index contributed by atoms with van der Waals surface area (Å²) in [5.74, 6) is -2.11. The van der Waals surface area contributed by atoms with Crippen LogP contribution in [-0.2, 0) is 0 Å². The molecule has 1 heterocycles. The van der Waals surface area contributed by atoms with Crippen LogP contribution in [0.5, 0.6) is 0 Å². The second kappa shape index (κ2) is 5.34. The average Bonchev–Trinajstić information content (AvgIpc) is 2.73. The molecule has 2 rings (SSSR count). The first-order valence-corrected chi connectivity index (χ1v) is 6.99. The Bertz CT molecular complexity index is 466. The van der Waals surface area contributed by atoms with E-state index >= 15 is 0 Å². The summed E-state index contributed by atoms with van der Waals surface area (Å²) in [5, 5.41) is 0.650. The van der Waals surface area contributed by atoms with Crippen LogP contribution in [-0.4, -0.2) is 28.7 Å². The van der Waals surface area contributed by atoms with E-state index in [1.807, 2.05) is 0 Å². The molecule has 2 nitrogen and oxygen atoms in total. The number of hydrogen-bond donors (Lipinski definition) is 0. The molecule has 18 heavy (non-hydrogen) atoms. The first-order chi connectivity index (χ1) is 8.56. The Hall–Kier alpha value is -0.970. The van der Waals surface area contributed by atoms with Crippen molar-refractivity contribution in [1.82, 2.24) is 4.90 Å². The summed E-state index contributed by atoms with van der Waals surface area (Å²) in [7, 11) is 0. The minimum Gasteiger partial charge on any atom is -0.334 e. The zero-order chi connectivity index (χ0) is 13.3. The van der Waals surface area contributed by atoms with Crippen molar-refractivity contribution in [2.75, 3.05) is 11.9 Å². The number of likely N-dealkylation sites (tertiary alicyclic amines) is 1. The highest BCUT2D eigenvalue weighted by molar-refractivity contribution is 9.09. The lowest BCUT2D eigenvalue weighted by atomic mass is 10.0. The van der Waals surface area contributed by atoms with Crippen LogP contribution in [0, 0.1) is 17.6 Å². The van der Waals surface area contributed by atoms with Gasteiger partial charge in [-0.3, -0.25) is 4.79 Å². The molecule has 2 atom stereocenters. The van der Waals surface area contributed by atoms with Crippen molar-refractivity contribution < 1.29 is 13.6 Å². The van der Waals surface area contributed by atoms with Gasteiger partial charge in [-0.2, -0.15) is 0 Å². The Morgan fingerprint density at radius 2 is 2.22 bits per heavy atom. The number of halogens is 3. The molecule has 0 radical (unpaired) electrons. The number of amides is 1. The summed E-state index contributed by atoms with van der Waals surface area (Å²) in [6, 6.07) is 3.74. The molecule has 1 aromatic carbocycles. The van der Waals surface area contributed by atoms with E-state index in [4.69, 9.17) is 0 Å². The van der Waals surface area contributed by atoms with Gasteiger partial charge in [0, 0.05) is 17.9 Å². The molecule has 0 N–H and O–H groups in total. The van der Waals surface area contributed by atoms with Gasteiger partial charge in [0.1, 0.15) is 0 Å². The summed E-state index contributed by atoms with van der Waals surface area (Å²) in [6.45, 7) is 2.65. The Kier molecular flexibility index (Phi) is 4.00. The summed E-state index contributed by atoms with van der Waals surface area (Å²) in [4.78, 5) is 13.9. The topological polar surface area (TPSA) is 20.3 Å². The van der Waals surface area contributed by atoms with Crippen molar-refractivity contribution in [3.63, 3.8) is 0 Å². The number of nitrogens with zero attached hydrogens (tertiary/aromatic N) is 1. The summed E-state index contributed by atoms with van der Waals surface area (Å²) >= 11 is 3.37. The van der Waals surface area contributed by atoms with Crippen LogP contribution < -0.4 is 0 Å². The monoisotopic (exact) mass is 317 g/mol. The maximum absolute atomic E-state index is 13.6. The predicted molar refractivity (Wildman–Crippen MR) is 68.8 cm³/mol. The highest BCUT2D eigenvalue weighted by Crippen LogP contribution is 2.27. The van der Waals surface area contributed by atoms with Gasteiger partial charge in [-0.1, -0.05) is 28.9 Å². The standard InChI is InChI=1S/C13H14BrF2NO/c1-8-5-6-17(11(8)7-14)13(18)9-3-2-4-10(15)12(9)16/h2-4,8,11H,5-7H2,1H3. The highest BCUT2D eigenvalue weighted by Gasteiger charge is 2.35. The van der Waals surface area contributed by atoms with Crippen LogP contribution >= 0.6 is 15.9 Å². The van der Waals surface area contributed by atoms with Crippen molar-refractivity contribution in [2.45, 2.75) is 19.4 Å². The molecular weight excluding hydrogens is 304 g/mol. The van der Waals surface area contributed by atoms with Crippen molar-refractivity contribution in [2.24, 2.45) is 5.92 Å². The van der Waals surface area contributed by atoms with Crippen LogP contribution in [0.4, 0.5) is 8.78 Å². The van der Waals surface area contributed by atoms with Crippen molar-refractivity contribution in [3.05, 3.63) is 35.4 Å². The molecular formula is C13H14BrF2NO. The molecule has 0 spiro atoms. The molecule has 1 saturated heterocycles. The number of rotatable bonds is 2. The van der Waals surface area contributed by atoms with Crippen molar-refractivity contribution in [3.8, 4) is 0 Å². The van der Waals surface area contributed by atoms with Gasteiger partial charge in [0.05, 0.1) is 5.56 Å². The van der Waals surface area contributed by atoms with Gasteiger partial charge in [-0.25, -0.2) is 8.78 Å². The Labute approximate surface area is 113 Å². The molecule has 1 aromatic rings. The summed E-state index contributed by atoms with van der Waals surface area (Å²) in [6.07, 6.45) is 0.888. The fourth-order valence-corrected chi connectivity index (χ4v) is 3.31. The Balaban J connectivity index is 2.29. The molecule has 0 saturated carbocycles. The molecule has 1 amide bonds. The van der Waals surface area contributed by atoms with E-state index in [-0.39, 0.29) is 11.6 Å². The number of carbonyl (C=O) groups is 1. The lowest BCUT2D eigenvalue weighted by Crippen LogP contribution is -2.39. The average molecular weight is 318 g/mol. The highest BCUT2D eigenvalue weighted by atomic mass is 79.9. The molecule has 1 aliphatic heterocycles. The van der Waals surface area contributed by atoms with Crippen LogP contribution in [0.25, 0.3) is 0 Å². The van der Waals surface area contributed by atoms with Crippen LogP contribution in [0.15, 0.2) is 18.2 Å². The van der Waals surface area contributed by atoms with Crippen LogP contribution in [0.2, 0.25) is 0 Å². The van der Waals surface area contributed by atoms with Gasteiger partial charge in [-0.05, 0) is 24.5 Å². The Morgan fingerprint density at radius 3 is 2.89 bits per heavy atom. The van der Waals surface area contributed by atoms with Crippen LogP contribution in [0.1, 0.15) is 23.7 Å². The normalized spacial score (nSPS) is 23.4. The zero-order valence-electron chi connectivity index (χ0n) is 10.00. The minimum absolute atomic E-state index is 0.0418. The molecule has 0 aliphatic carbocycles. The van der Waals surface area contributed by atoms with Gasteiger partial charge in [0.15, 0.2) is 11.6 Å². The first kappa shape index (κ1) is 13.5. The second-order valence-corrected chi connectivity index (χ2v) is 5.24. The third kappa shape index (κ3) is 2.28. The quantitative estimate of drug-likeness (QED) is 0.767. The smallest absolute Gasteiger partial charge is 0.257 e. The molecule has 1 aliphatic rings. The van der Waals surface area contributed by atoms with Crippen molar-refractivity contribution >= 4 is 21.8 Å². The predicted octanol–water partition coefficient (Wildman–Crippen LogP) is 3.21. The maximum atomic E-state index is 13.6. The number of carbonyl (C=O) groups excluding carboxylic acids is 1. The minimum atomic E-state index is -1.06. The lowest BCUT2D eigenvalue weighted by Gasteiger charge is -2.25. The molecule has 0 bridgehead atoms. The lowest BCUT2D eigenvalue weighted by molar-refractivity contribution is 0.0733.